The third-order valence-electron chi connectivity index (χ3n) is 3.42. The molecule has 1 amide bonds. The van der Waals surface area contributed by atoms with Crippen molar-refractivity contribution in [1.29, 1.82) is 0 Å². The lowest BCUT2D eigenvalue weighted by Gasteiger charge is -2.02. The lowest BCUT2D eigenvalue weighted by Crippen LogP contribution is -2.22. The molecule has 3 aromatic heterocycles. The van der Waals surface area contributed by atoms with E-state index in [4.69, 9.17) is 4.52 Å². The Balaban J connectivity index is 1.44. The van der Waals surface area contributed by atoms with Crippen LogP contribution >= 0.6 is 11.3 Å². The lowest BCUT2D eigenvalue weighted by atomic mass is 10.2. The van der Waals surface area contributed by atoms with Crippen LogP contribution in [0.2, 0.25) is 0 Å². The molecule has 4 aromatic rings. The Morgan fingerprint density at radius 1 is 1.42 bits per heavy atom. The van der Waals surface area contributed by atoms with Crippen LogP contribution in [0.1, 0.15) is 16.2 Å². The van der Waals surface area contributed by atoms with E-state index in [9.17, 15) is 4.79 Å². The fourth-order valence-electron chi connectivity index (χ4n) is 2.23. The Kier molecular flexibility index (Phi) is 3.54. The third-order valence-corrected chi connectivity index (χ3v) is 4.22. The zero-order valence-electron chi connectivity index (χ0n) is 12.6. The smallest absolute Gasteiger partial charge is 0.251 e. The van der Waals surface area contributed by atoms with Crippen molar-refractivity contribution in [2.24, 2.45) is 7.05 Å². The van der Waals surface area contributed by atoms with E-state index in [-0.39, 0.29) is 12.5 Å². The molecule has 0 saturated carbocycles. The fraction of sp³-hybridized carbons (Fsp3) is 0.133. The van der Waals surface area contributed by atoms with Crippen molar-refractivity contribution in [2.75, 3.05) is 0 Å². The summed E-state index contributed by atoms with van der Waals surface area (Å²) in [5, 5.41) is 10.7. The number of aromatic nitrogens is 5. The number of aryl methyl sites for hydroxylation is 1. The van der Waals surface area contributed by atoms with Crippen molar-refractivity contribution in [1.82, 2.24) is 30.2 Å². The van der Waals surface area contributed by atoms with E-state index in [1.807, 2.05) is 19.2 Å². The summed E-state index contributed by atoms with van der Waals surface area (Å²) >= 11 is 1.50. The topological polar surface area (TPSA) is 98.7 Å². The molecule has 0 bridgehead atoms. The summed E-state index contributed by atoms with van der Waals surface area (Å²) in [6.45, 7) is 0.160. The van der Waals surface area contributed by atoms with Gasteiger partial charge in [0.2, 0.25) is 11.7 Å². The van der Waals surface area contributed by atoms with Crippen molar-refractivity contribution in [3.8, 4) is 11.4 Å². The van der Waals surface area contributed by atoms with Gasteiger partial charge in [0, 0.05) is 18.8 Å². The van der Waals surface area contributed by atoms with Gasteiger partial charge in [-0.2, -0.15) is 10.1 Å². The van der Waals surface area contributed by atoms with Gasteiger partial charge in [-0.3, -0.25) is 9.48 Å². The highest BCUT2D eigenvalue weighted by Gasteiger charge is 2.12. The molecule has 9 heteroatoms. The molecular weight excluding hydrogens is 328 g/mol. The van der Waals surface area contributed by atoms with Crippen molar-refractivity contribution in [2.45, 2.75) is 6.54 Å². The van der Waals surface area contributed by atoms with Gasteiger partial charge in [-0.05, 0) is 18.2 Å². The summed E-state index contributed by atoms with van der Waals surface area (Å²) in [5.41, 5.74) is 3.97. The molecule has 0 saturated heterocycles. The molecule has 120 valence electrons. The highest BCUT2D eigenvalue weighted by atomic mass is 32.1. The van der Waals surface area contributed by atoms with E-state index in [2.05, 4.69) is 25.5 Å². The van der Waals surface area contributed by atoms with Gasteiger partial charge in [-0.1, -0.05) is 5.16 Å². The number of hydrogen-bond donors (Lipinski definition) is 1. The summed E-state index contributed by atoms with van der Waals surface area (Å²) in [4.78, 5) is 20.7. The molecule has 0 radical (unpaired) electrons. The summed E-state index contributed by atoms with van der Waals surface area (Å²) in [6, 6.07) is 5.39. The van der Waals surface area contributed by atoms with E-state index in [1.54, 1.807) is 28.7 Å². The average Bonchev–Trinajstić information content (AvgIpc) is 3.31. The Labute approximate surface area is 140 Å². The number of nitrogens with one attached hydrogen (secondary N) is 1. The third kappa shape index (κ3) is 2.76. The molecule has 0 aliphatic rings. The second kappa shape index (κ2) is 5.85. The van der Waals surface area contributed by atoms with E-state index < -0.39 is 0 Å². The SMILES string of the molecule is Cn1cc(-c2noc(CNC(=O)c3ccc4ncsc4c3)n2)cn1. The summed E-state index contributed by atoms with van der Waals surface area (Å²) in [5.74, 6) is 0.575. The van der Waals surface area contributed by atoms with Gasteiger partial charge in [0.25, 0.3) is 5.91 Å². The molecule has 24 heavy (non-hydrogen) atoms. The zero-order valence-corrected chi connectivity index (χ0v) is 13.4. The minimum absolute atomic E-state index is 0.160. The Bertz CT molecular complexity index is 1020. The van der Waals surface area contributed by atoms with Gasteiger partial charge in [0.15, 0.2) is 0 Å². The van der Waals surface area contributed by atoms with Crippen LogP contribution in [0.4, 0.5) is 0 Å². The van der Waals surface area contributed by atoms with E-state index in [1.165, 1.54) is 11.3 Å². The second-order valence-corrected chi connectivity index (χ2v) is 6.02. The maximum Gasteiger partial charge on any atom is 0.251 e. The normalized spacial score (nSPS) is 11.0. The maximum absolute atomic E-state index is 12.2. The van der Waals surface area contributed by atoms with Crippen LogP contribution in [0.25, 0.3) is 21.6 Å². The summed E-state index contributed by atoms with van der Waals surface area (Å²) in [7, 11) is 1.81. The lowest BCUT2D eigenvalue weighted by molar-refractivity contribution is 0.0946. The predicted octanol–water partition coefficient (Wildman–Crippen LogP) is 2.01. The summed E-state index contributed by atoms with van der Waals surface area (Å²) in [6.07, 6.45) is 3.44. The minimum atomic E-state index is -0.202. The molecule has 0 fully saturated rings. The fourth-order valence-corrected chi connectivity index (χ4v) is 2.95. The Morgan fingerprint density at radius 2 is 2.33 bits per heavy atom. The zero-order chi connectivity index (χ0) is 16.5. The molecule has 1 N–H and O–H groups in total. The first-order valence-corrected chi connectivity index (χ1v) is 8.00. The van der Waals surface area contributed by atoms with E-state index in [0.29, 0.717) is 17.3 Å². The first kappa shape index (κ1) is 14.5. The van der Waals surface area contributed by atoms with Gasteiger partial charge < -0.3 is 9.84 Å². The van der Waals surface area contributed by atoms with Crippen LogP contribution in [0.3, 0.4) is 0 Å². The van der Waals surface area contributed by atoms with Gasteiger partial charge >= 0.3 is 0 Å². The first-order chi connectivity index (χ1) is 11.7. The predicted molar refractivity (Wildman–Crippen MR) is 87.3 cm³/mol. The average molecular weight is 340 g/mol. The van der Waals surface area contributed by atoms with Crippen LogP contribution in [-0.4, -0.2) is 30.8 Å². The van der Waals surface area contributed by atoms with Crippen LogP contribution in [-0.2, 0) is 13.6 Å². The van der Waals surface area contributed by atoms with Crippen LogP contribution in [0, 0.1) is 0 Å². The van der Waals surface area contributed by atoms with Crippen LogP contribution < -0.4 is 5.32 Å². The van der Waals surface area contributed by atoms with Crippen molar-refractivity contribution >= 4 is 27.5 Å². The van der Waals surface area contributed by atoms with Gasteiger partial charge in [-0.15, -0.1) is 11.3 Å². The van der Waals surface area contributed by atoms with Crippen LogP contribution in [0.15, 0.2) is 40.6 Å². The number of thiazole rings is 1. The van der Waals surface area contributed by atoms with Crippen LogP contribution in [0.5, 0.6) is 0 Å². The molecule has 1 aromatic carbocycles. The number of carbonyl (C=O) groups excluding carboxylic acids is 1. The highest BCUT2D eigenvalue weighted by molar-refractivity contribution is 7.16. The monoisotopic (exact) mass is 340 g/mol. The van der Waals surface area contributed by atoms with E-state index >= 15 is 0 Å². The number of rotatable bonds is 4. The van der Waals surface area contributed by atoms with Gasteiger partial charge in [0.1, 0.15) is 0 Å². The van der Waals surface area contributed by atoms with Crippen molar-refractivity contribution < 1.29 is 9.32 Å². The highest BCUT2D eigenvalue weighted by Crippen LogP contribution is 2.19. The molecule has 4 rings (SSSR count). The summed E-state index contributed by atoms with van der Waals surface area (Å²) < 4.78 is 7.78. The standard InChI is InChI=1S/C15H12N6O2S/c1-21-7-10(5-18-21)14-19-13(23-20-14)6-16-15(22)9-2-3-11-12(4-9)24-8-17-11/h2-5,7-8H,6H2,1H3,(H,16,22). The largest absolute Gasteiger partial charge is 0.343 e. The first-order valence-electron chi connectivity index (χ1n) is 7.12. The molecule has 0 atom stereocenters. The molecule has 3 heterocycles. The Morgan fingerprint density at radius 3 is 3.17 bits per heavy atom. The molecule has 8 nitrogen and oxygen atoms in total. The quantitative estimate of drug-likeness (QED) is 0.610. The van der Waals surface area contributed by atoms with Crippen molar-refractivity contribution in [3.63, 3.8) is 0 Å². The maximum atomic E-state index is 12.2. The number of benzene rings is 1. The molecule has 0 aliphatic heterocycles. The number of hydrogen-bond acceptors (Lipinski definition) is 7. The second-order valence-electron chi connectivity index (χ2n) is 5.13. The number of fused-ring (bicyclic) bond motifs is 1. The number of carbonyl (C=O) groups is 1. The van der Waals surface area contributed by atoms with Gasteiger partial charge in [0.05, 0.1) is 34.0 Å². The molecule has 0 aliphatic carbocycles. The molecule has 0 spiro atoms. The Hall–Kier alpha value is -3.07. The number of nitrogens with zero attached hydrogens (tertiary/aromatic N) is 5. The number of amides is 1. The van der Waals surface area contributed by atoms with Gasteiger partial charge in [-0.25, -0.2) is 4.98 Å². The minimum Gasteiger partial charge on any atom is -0.343 e. The van der Waals surface area contributed by atoms with Crippen molar-refractivity contribution in [3.05, 3.63) is 47.6 Å². The molecular formula is C15H12N6O2S. The molecule has 0 unspecified atom stereocenters. The van der Waals surface area contributed by atoms with E-state index in [0.717, 1.165) is 15.8 Å².